The third-order valence-electron chi connectivity index (χ3n) is 3.21. The molecule has 92 valence electrons. The average molecular weight is 300 g/mol. The Labute approximate surface area is 109 Å². The summed E-state index contributed by atoms with van der Waals surface area (Å²) in [5.74, 6) is 0.147. The highest BCUT2D eigenvalue weighted by Crippen LogP contribution is 2.21. The summed E-state index contributed by atoms with van der Waals surface area (Å²) >= 11 is 3.43. The number of rotatable bonds is 2. The van der Waals surface area contributed by atoms with Crippen molar-refractivity contribution in [1.29, 1.82) is 0 Å². The fourth-order valence-corrected chi connectivity index (χ4v) is 2.58. The number of aryl methyl sites for hydroxylation is 1. The van der Waals surface area contributed by atoms with Gasteiger partial charge in [-0.1, -0.05) is 22.0 Å². The number of hydrogen-bond acceptors (Lipinski definition) is 1. The largest absolute Gasteiger partial charge is 0.338 e. The molecule has 1 saturated heterocycles. The zero-order valence-electron chi connectivity index (χ0n) is 9.75. The molecule has 1 amide bonds. The van der Waals surface area contributed by atoms with E-state index < -0.39 is 0 Å². The maximum Gasteiger partial charge on any atom is 0.253 e. The van der Waals surface area contributed by atoms with Crippen molar-refractivity contribution in [2.45, 2.75) is 13.3 Å². The summed E-state index contributed by atoms with van der Waals surface area (Å²) in [6.45, 7) is 3.23. The first-order valence-electron chi connectivity index (χ1n) is 5.73. The normalized spacial score (nSPS) is 19.7. The highest BCUT2D eigenvalue weighted by atomic mass is 79.9. The van der Waals surface area contributed by atoms with E-state index in [1.54, 1.807) is 24.0 Å². The molecular formula is C13H15BrFNO. The SMILES string of the molecule is Cc1ccc(C(=O)N2CCC(CBr)C2)cc1F. The van der Waals surface area contributed by atoms with Crippen molar-refractivity contribution < 1.29 is 9.18 Å². The predicted molar refractivity (Wildman–Crippen MR) is 68.9 cm³/mol. The van der Waals surface area contributed by atoms with Crippen LogP contribution >= 0.6 is 15.9 Å². The molecule has 1 aliphatic rings. The van der Waals surface area contributed by atoms with Crippen LogP contribution in [0.15, 0.2) is 18.2 Å². The molecule has 0 aliphatic carbocycles. The van der Waals surface area contributed by atoms with Gasteiger partial charge in [-0.15, -0.1) is 0 Å². The lowest BCUT2D eigenvalue weighted by Gasteiger charge is -2.16. The van der Waals surface area contributed by atoms with E-state index in [4.69, 9.17) is 0 Å². The van der Waals surface area contributed by atoms with Gasteiger partial charge in [0.2, 0.25) is 0 Å². The first-order chi connectivity index (χ1) is 8.11. The highest BCUT2D eigenvalue weighted by Gasteiger charge is 2.26. The second-order valence-corrected chi connectivity index (χ2v) is 5.17. The number of carbonyl (C=O) groups excluding carboxylic acids is 1. The predicted octanol–water partition coefficient (Wildman–Crippen LogP) is 2.99. The Bertz CT molecular complexity index is 435. The Hall–Kier alpha value is -0.900. The molecule has 1 fully saturated rings. The summed E-state index contributed by atoms with van der Waals surface area (Å²) in [6, 6.07) is 4.68. The molecule has 1 aliphatic heterocycles. The molecule has 1 heterocycles. The summed E-state index contributed by atoms with van der Waals surface area (Å²) in [6.07, 6.45) is 1.02. The molecule has 2 rings (SSSR count). The van der Waals surface area contributed by atoms with Gasteiger partial charge in [0, 0.05) is 24.0 Å². The van der Waals surface area contributed by atoms with Crippen LogP contribution in [0.4, 0.5) is 4.39 Å². The van der Waals surface area contributed by atoms with Crippen molar-refractivity contribution in [3.05, 3.63) is 35.1 Å². The van der Waals surface area contributed by atoms with Gasteiger partial charge in [0.25, 0.3) is 5.91 Å². The van der Waals surface area contributed by atoms with Crippen molar-refractivity contribution in [3.63, 3.8) is 0 Å². The van der Waals surface area contributed by atoms with Gasteiger partial charge in [0.15, 0.2) is 0 Å². The minimum absolute atomic E-state index is 0.0626. The molecule has 0 saturated carbocycles. The Morgan fingerprint density at radius 3 is 2.94 bits per heavy atom. The van der Waals surface area contributed by atoms with E-state index in [0.717, 1.165) is 24.8 Å². The topological polar surface area (TPSA) is 20.3 Å². The minimum atomic E-state index is -0.313. The molecule has 1 aromatic rings. The van der Waals surface area contributed by atoms with Gasteiger partial charge in [0.05, 0.1) is 0 Å². The van der Waals surface area contributed by atoms with Gasteiger partial charge in [-0.2, -0.15) is 0 Å². The second-order valence-electron chi connectivity index (χ2n) is 4.52. The van der Waals surface area contributed by atoms with Gasteiger partial charge in [-0.25, -0.2) is 4.39 Å². The number of hydrogen-bond donors (Lipinski definition) is 0. The molecule has 0 N–H and O–H groups in total. The molecule has 1 atom stereocenters. The average Bonchev–Trinajstić information content (AvgIpc) is 2.80. The number of carbonyl (C=O) groups is 1. The Kier molecular flexibility index (Phi) is 3.82. The van der Waals surface area contributed by atoms with Gasteiger partial charge >= 0.3 is 0 Å². The minimum Gasteiger partial charge on any atom is -0.338 e. The third kappa shape index (κ3) is 2.68. The summed E-state index contributed by atoms with van der Waals surface area (Å²) < 4.78 is 13.4. The highest BCUT2D eigenvalue weighted by molar-refractivity contribution is 9.09. The summed E-state index contributed by atoms with van der Waals surface area (Å²) in [7, 11) is 0. The number of nitrogens with zero attached hydrogens (tertiary/aromatic N) is 1. The van der Waals surface area contributed by atoms with Crippen LogP contribution in [0.1, 0.15) is 22.3 Å². The van der Waals surface area contributed by atoms with E-state index in [-0.39, 0.29) is 11.7 Å². The maximum absolute atomic E-state index is 13.4. The first-order valence-corrected chi connectivity index (χ1v) is 6.85. The molecule has 1 aromatic carbocycles. The maximum atomic E-state index is 13.4. The third-order valence-corrected chi connectivity index (χ3v) is 4.13. The zero-order chi connectivity index (χ0) is 12.4. The van der Waals surface area contributed by atoms with E-state index in [9.17, 15) is 9.18 Å². The van der Waals surface area contributed by atoms with E-state index in [2.05, 4.69) is 15.9 Å². The van der Waals surface area contributed by atoms with E-state index in [1.807, 2.05) is 0 Å². The fourth-order valence-electron chi connectivity index (χ4n) is 2.05. The fraction of sp³-hybridized carbons (Fsp3) is 0.462. The smallest absolute Gasteiger partial charge is 0.253 e. The number of halogens is 2. The van der Waals surface area contributed by atoms with Crippen molar-refractivity contribution in [1.82, 2.24) is 4.90 Å². The molecule has 0 aromatic heterocycles. The Morgan fingerprint density at radius 2 is 2.35 bits per heavy atom. The van der Waals surface area contributed by atoms with Crippen LogP contribution in [0, 0.1) is 18.7 Å². The Balaban J connectivity index is 2.12. The summed E-state index contributed by atoms with van der Waals surface area (Å²) in [5.41, 5.74) is 1.02. The second kappa shape index (κ2) is 5.17. The summed E-state index contributed by atoms with van der Waals surface area (Å²) in [4.78, 5) is 13.9. The van der Waals surface area contributed by atoms with Crippen molar-refractivity contribution in [3.8, 4) is 0 Å². The number of likely N-dealkylation sites (tertiary alicyclic amines) is 1. The van der Waals surface area contributed by atoms with Crippen LogP contribution < -0.4 is 0 Å². The molecule has 4 heteroatoms. The molecule has 2 nitrogen and oxygen atoms in total. The van der Waals surface area contributed by atoms with Crippen LogP contribution in [0.25, 0.3) is 0 Å². The van der Waals surface area contributed by atoms with Crippen LogP contribution in [0.3, 0.4) is 0 Å². The number of amides is 1. The quantitative estimate of drug-likeness (QED) is 0.769. The monoisotopic (exact) mass is 299 g/mol. The first kappa shape index (κ1) is 12.6. The van der Waals surface area contributed by atoms with Crippen molar-refractivity contribution >= 4 is 21.8 Å². The van der Waals surface area contributed by atoms with Gasteiger partial charge in [-0.3, -0.25) is 4.79 Å². The van der Waals surface area contributed by atoms with E-state index in [0.29, 0.717) is 17.0 Å². The standard InChI is InChI=1S/C13H15BrFNO/c1-9-2-3-11(6-12(9)15)13(17)16-5-4-10(7-14)8-16/h2-3,6,10H,4-5,7-8H2,1H3. The van der Waals surface area contributed by atoms with E-state index in [1.165, 1.54) is 6.07 Å². The molecular weight excluding hydrogens is 285 g/mol. The van der Waals surface area contributed by atoms with Crippen LogP contribution in [0.2, 0.25) is 0 Å². The molecule has 17 heavy (non-hydrogen) atoms. The van der Waals surface area contributed by atoms with Crippen LogP contribution in [-0.4, -0.2) is 29.2 Å². The Morgan fingerprint density at radius 1 is 1.59 bits per heavy atom. The van der Waals surface area contributed by atoms with Gasteiger partial charge in [0.1, 0.15) is 5.82 Å². The summed E-state index contributed by atoms with van der Waals surface area (Å²) in [5, 5.41) is 0.916. The molecule has 0 bridgehead atoms. The van der Waals surface area contributed by atoms with E-state index >= 15 is 0 Å². The lowest BCUT2D eigenvalue weighted by Crippen LogP contribution is -2.29. The van der Waals surface area contributed by atoms with Crippen LogP contribution in [0.5, 0.6) is 0 Å². The van der Waals surface area contributed by atoms with Gasteiger partial charge < -0.3 is 4.90 Å². The van der Waals surface area contributed by atoms with Crippen molar-refractivity contribution in [2.75, 3.05) is 18.4 Å². The molecule has 0 radical (unpaired) electrons. The molecule has 0 spiro atoms. The zero-order valence-corrected chi connectivity index (χ0v) is 11.3. The lowest BCUT2D eigenvalue weighted by molar-refractivity contribution is 0.0788. The number of alkyl halides is 1. The van der Waals surface area contributed by atoms with Crippen molar-refractivity contribution in [2.24, 2.45) is 5.92 Å². The lowest BCUT2D eigenvalue weighted by atomic mass is 10.1. The van der Waals surface area contributed by atoms with Gasteiger partial charge in [-0.05, 0) is 37.0 Å². The molecule has 1 unspecified atom stereocenters. The number of benzene rings is 1. The van der Waals surface area contributed by atoms with Crippen LogP contribution in [-0.2, 0) is 0 Å².